The summed E-state index contributed by atoms with van der Waals surface area (Å²) in [7, 11) is 0. The molecule has 1 heterocycles. The number of carbonyl (C=O) groups is 1. The summed E-state index contributed by atoms with van der Waals surface area (Å²) in [6, 6.07) is 6.41. The van der Waals surface area contributed by atoms with Crippen molar-refractivity contribution in [2.45, 2.75) is 38.1 Å². The Labute approximate surface area is 133 Å². The number of hydrogen-bond donors (Lipinski definition) is 2. The van der Waals surface area contributed by atoms with E-state index >= 15 is 0 Å². The van der Waals surface area contributed by atoms with E-state index in [1.54, 1.807) is 12.1 Å². The monoisotopic (exact) mass is 315 g/mol. The Balaban J connectivity index is 1.88. The zero-order valence-corrected chi connectivity index (χ0v) is 12.6. The van der Waals surface area contributed by atoms with Gasteiger partial charge in [0.25, 0.3) is 0 Å². The van der Waals surface area contributed by atoms with Gasteiger partial charge in [0.15, 0.2) is 5.82 Å². The zero-order valence-electron chi connectivity index (χ0n) is 12.6. The van der Waals surface area contributed by atoms with E-state index in [4.69, 9.17) is 5.11 Å². The van der Waals surface area contributed by atoms with Gasteiger partial charge >= 0.3 is 5.97 Å². The number of benzene rings is 1. The van der Waals surface area contributed by atoms with E-state index in [2.05, 4.69) is 15.3 Å². The number of rotatable bonds is 4. The molecule has 0 radical (unpaired) electrons. The number of nitrogens with one attached hydrogen (secondary N) is 1. The Morgan fingerprint density at radius 2 is 2.04 bits per heavy atom. The normalized spacial score (nSPS) is 15.3. The highest BCUT2D eigenvalue weighted by atomic mass is 19.1. The Bertz CT molecular complexity index is 715. The molecule has 0 saturated heterocycles. The number of hydrogen-bond acceptors (Lipinski definition) is 4. The van der Waals surface area contributed by atoms with Crippen LogP contribution in [0.15, 0.2) is 30.5 Å². The highest BCUT2D eigenvalue weighted by molar-refractivity contribution is 5.89. The van der Waals surface area contributed by atoms with Crippen molar-refractivity contribution < 1.29 is 14.3 Å². The molecule has 3 rings (SSSR count). The fourth-order valence-electron chi connectivity index (χ4n) is 2.87. The van der Waals surface area contributed by atoms with E-state index < -0.39 is 11.8 Å². The molecule has 1 aliphatic rings. The zero-order chi connectivity index (χ0) is 16.2. The molecule has 1 aliphatic carbocycles. The lowest BCUT2D eigenvalue weighted by molar-refractivity contribution is 0.0697. The minimum atomic E-state index is -1.05. The first-order valence-electron chi connectivity index (χ1n) is 7.76. The Morgan fingerprint density at radius 3 is 2.78 bits per heavy atom. The molecule has 1 saturated carbocycles. The second-order valence-electron chi connectivity index (χ2n) is 5.76. The molecule has 2 aromatic rings. The summed E-state index contributed by atoms with van der Waals surface area (Å²) in [5, 5.41) is 12.3. The molecule has 0 unspecified atom stereocenters. The molecule has 0 spiro atoms. The fourth-order valence-corrected chi connectivity index (χ4v) is 2.87. The first-order valence-corrected chi connectivity index (χ1v) is 7.76. The van der Waals surface area contributed by atoms with Crippen LogP contribution >= 0.6 is 0 Å². The fraction of sp³-hybridized carbons (Fsp3) is 0.353. The summed E-state index contributed by atoms with van der Waals surface area (Å²) >= 11 is 0. The number of aromatic nitrogens is 2. The molecular weight excluding hydrogens is 297 g/mol. The molecule has 120 valence electrons. The standard InChI is InChI=1S/C17H18FN3O2/c18-14-10-19-17(20-13-7-2-1-3-8-13)21-15(14)11-5-4-6-12(9-11)16(22)23/h4-6,9-10,13H,1-3,7-8H2,(H,22,23)(H,19,20,21). The van der Waals surface area contributed by atoms with Crippen LogP contribution in [0.25, 0.3) is 11.3 Å². The maximum Gasteiger partial charge on any atom is 0.335 e. The van der Waals surface area contributed by atoms with Crippen LogP contribution in [0.2, 0.25) is 0 Å². The van der Waals surface area contributed by atoms with Crippen molar-refractivity contribution in [1.82, 2.24) is 9.97 Å². The van der Waals surface area contributed by atoms with Crippen LogP contribution in [0, 0.1) is 5.82 Å². The first kappa shape index (κ1) is 15.4. The molecule has 0 atom stereocenters. The minimum Gasteiger partial charge on any atom is -0.478 e. The Kier molecular flexibility index (Phi) is 4.50. The van der Waals surface area contributed by atoms with Gasteiger partial charge in [-0.3, -0.25) is 0 Å². The molecule has 0 aliphatic heterocycles. The summed E-state index contributed by atoms with van der Waals surface area (Å²) < 4.78 is 14.1. The van der Waals surface area contributed by atoms with Gasteiger partial charge in [-0.05, 0) is 25.0 Å². The van der Waals surface area contributed by atoms with Crippen molar-refractivity contribution in [2.75, 3.05) is 5.32 Å². The Hall–Kier alpha value is -2.50. The summed E-state index contributed by atoms with van der Waals surface area (Å²) in [6.45, 7) is 0. The molecule has 1 fully saturated rings. The summed E-state index contributed by atoms with van der Waals surface area (Å²) in [5.41, 5.74) is 0.639. The third-order valence-corrected chi connectivity index (χ3v) is 4.07. The van der Waals surface area contributed by atoms with Crippen molar-refractivity contribution in [3.63, 3.8) is 0 Å². The molecule has 0 bridgehead atoms. The average Bonchev–Trinajstić information content (AvgIpc) is 2.57. The van der Waals surface area contributed by atoms with E-state index in [9.17, 15) is 9.18 Å². The third kappa shape index (κ3) is 3.64. The second kappa shape index (κ2) is 6.73. The minimum absolute atomic E-state index is 0.0994. The molecule has 1 aromatic carbocycles. The van der Waals surface area contributed by atoms with Gasteiger partial charge in [0.1, 0.15) is 5.69 Å². The molecule has 0 amide bonds. The number of carboxylic acid groups (broad SMARTS) is 1. The topological polar surface area (TPSA) is 75.1 Å². The van der Waals surface area contributed by atoms with Crippen LogP contribution in [-0.2, 0) is 0 Å². The van der Waals surface area contributed by atoms with Gasteiger partial charge in [0, 0.05) is 11.6 Å². The predicted octanol–water partition coefficient (Wildman–Crippen LogP) is 3.73. The molecule has 6 heteroatoms. The molecule has 5 nitrogen and oxygen atoms in total. The van der Waals surface area contributed by atoms with Crippen molar-refractivity contribution >= 4 is 11.9 Å². The van der Waals surface area contributed by atoms with E-state index in [1.807, 2.05) is 0 Å². The van der Waals surface area contributed by atoms with Gasteiger partial charge in [0.05, 0.1) is 11.8 Å². The van der Waals surface area contributed by atoms with Crippen molar-refractivity contribution in [2.24, 2.45) is 0 Å². The molecule has 23 heavy (non-hydrogen) atoms. The largest absolute Gasteiger partial charge is 0.478 e. The Morgan fingerprint density at radius 1 is 1.26 bits per heavy atom. The lowest BCUT2D eigenvalue weighted by atomic mass is 9.96. The number of aromatic carboxylic acids is 1. The molecule has 1 aromatic heterocycles. The van der Waals surface area contributed by atoms with Crippen LogP contribution < -0.4 is 5.32 Å². The van der Waals surface area contributed by atoms with E-state index in [-0.39, 0.29) is 11.3 Å². The summed E-state index contributed by atoms with van der Waals surface area (Å²) in [6.07, 6.45) is 6.84. The number of halogens is 1. The maximum absolute atomic E-state index is 14.1. The predicted molar refractivity (Wildman–Crippen MR) is 84.9 cm³/mol. The van der Waals surface area contributed by atoms with Gasteiger partial charge in [-0.15, -0.1) is 0 Å². The van der Waals surface area contributed by atoms with Crippen molar-refractivity contribution in [3.05, 3.63) is 41.8 Å². The lowest BCUT2D eigenvalue weighted by Crippen LogP contribution is -2.23. The van der Waals surface area contributed by atoms with Crippen LogP contribution in [0.1, 0.15) is 42.5 Å². The number of nitrogens with zero attached hydrogens (tertiary/aromatic N) is 2. The SMILES string of the molecule is O=C(O)c1cccc(-c2nc(NC3CCCCC3)ncc2F)c1. The molecule has 2 N–H and O–H groups in total. The smallest absolute Gasteiger partial charge is 0.335 e. The number of anilines is 1. The van der Waals surface area contributed by atoms with Gasteiger partial charge in [0.2, 0.25) is 5.95 Å². The van der Waals surface area contributed by atoms with Crippen LogP contribution in [0.5, 0.6) is 0 Å². The average molecular weight is 315 g/mol. The third-order valence-electron chi connectivity index (χ3n) is 4.07. The molecular formula is C17H18FN3O2. The van der Waals surface area contributed by atoms with Crippen LogP contribution in [0.4, 0.5) is 10.3 Å². The quantitative estimate of drug-likeness (QED) is 0.899. The summed E-state index contributed by atoms with van der Waals surface area (Å²) in [5.74, 6) is -1.24. The van der Waals surface area contributed by atoms with Crippen LogP contribution in [-0.4, -0.2) is 27.1 Å². The maximum atomic E-state index is 14.1. The van der Waals surface area contributed by atoms with E-state index in [0.717, 1.165) is 19.0 Å². The van der Waals surface area contributed by atoms with Crippen LogP contribution in [0.3, 0.4) is 0 Å². The van der Waals surface area contributed by atoms with E-state index in [0.29, 0.717) is 17.6 Å². The first-order chi connectivity index (χ1) is 11.1. The van der Waals surface area contributed by atoms with Gasteiger partial charge in [-0.1, -0.05) is 31.4 Å². The van der Waals surface area contributed by atoms with Crippen molar-refractivity contribution in [3.8, 4) is 11.3 Å². The van der Waals surface area contributed by atoms with Gasteiger partial charge < -0.3 is 10.4 Å². The van der Waals surface area contributed by atoms with Gasteiger partial charge in [-0.25, -0.2) is 19.2 Å². The lowest BCUT2D eigenvalue weighted by Gasteiger charge is -2.22. The summed E-state index contributed by atoms with van der Waals surface area (Å²) in [4.78, 5) is 19.3. The van der Waals surface area contributed by atoms with E-state index in [1.165, 1.54) is 31.4 Å². The van der Waals surface area contributed by atoms with Gasteiger partial charge in [-0.2, -0.15) is 0 Å². The van der Waals surface area contributed by atoms with Crippen molar-refractivity contribution in [1.29, 1.82) is 0 Å². The highest BCUT2D eigenvalue weighted by Crippen LogP contribution is 2.24. The number of carboxylic acids is 1. The highest BCUT2D eigenvalue weighted by Gasteiger charge is 2.16. The second-order valence-corrected chi connectivity index (χ2v) is 5.76.